The molecule has 1 fully saturated rings. The van der Waals surface area contributed by atoms with Crippen LogP contribution < -0.4 is 16.4 Å². The smallest absolute Gasteiger partial charge is 0.312 e. The van der Waals surface area contributed by atoms with Crippen molar-refractivity contribution in [2.75, 3.05) is 13.1 Å². The summed E-state index contributed by atoms with van der Waals surface area (Å²) >= 11 is 0. The molecule has 0 aliphatic carbocycles. The van der Waals surface area contributed by atoms with E-state index in [2.05, 4.69) is 29.5 Å². The van der Waals surface area contributed by atoms with Crippen molar-refractivity contribution in [3.63, 3.8) is 0 Å². The summed E-state index contributed by atoms with van der Waals surface area (Å²) in [6.45, 7) is 3.53. The first-order valence-corrected chi connectivity index (χ1v) is 10.5. The SMILES string of the molecule is CC(C)c1ccc([C@@H](NC(=O)[C@@H]2C[C@@H](F)CN2C(=O)CNC(N)=O)c2ccccc2)nc1. The standard InChI is InChI=1S/C23H28FN5O3/c1-14(2)16-8-9-18(26-11-16)21(15-6-4-3-5-7-15)28-22(31)19-10-17(24)13-29(19)20(30)12-27-23(25)32/h3-9,11,14,17,19,21H,10,12-13H2,1-2H3,(H,28,31)(H3,25,27,32)/t17-,19+,21+/m1/s1. The number of urea groups is 1. The van der Waals surface area contributed by atoms with Gasteiger partial charge in [-0.3, -0.25) is 14.6 Å². The molecule has 0 unspecified atom stereocenters. The molecule has 1 aliphatic rings. The Morgan fingerprint density at radius 2 is 1.88 bits per heavy atom. The van der Waals surface area contributed by atoms with Gasteiger partial charge < -0.3 is 21.3 Å². The van der Waals surface area contributed by atoms with Crippen LogP contribution in [0.5, 0.6) is 0 Å². The molecule has 3 rings (SSSR count). The zero-order chi connectivity index (χ0) is 23.3. The van der Waals surface area contributed by atoms with Gasteiger partial charge >= 0.3 is 6.03 Å². The fourth-order valence-electron chi connectivity index (χ4n) is 3.71. The Bertz CT molecular complexity index is 952. The highest BCUT2D eigenvalue weighted by molar-refractivity contribution is 5.90. The number of aromatic nitrogens is 1. The largest absolute Gasteiger partial charge is 0.352 e. The van der Waals surface area contributed by atoms with Gasteiger partial charge in [-0.05, 0) is 23.1 Å². The van der Waals surface area contributed by atoms with E-state index in [0.717, 1.165) is 16.0 Å². The number of primary amides is 1. The Hall–Kier alpha value is -3.49. The van der Waals surface area contributed by atoms with Crippen molar-refractivity contribution in [1.82, 2.24) is 20.5 Å². The van der Waals surface area contributed by atoms with E-state index in [0.29, 0.717) is 11.6 Å². The highest BCUT2D eigenvalue weighted by Crippen LogP contribution is 2.25. The van der Waals surface area contributed by atoms with Gasteiger partial charge in [0, 0.05) is 12.6 Å². The molecular formula is C23H28FN5O3. The van der Waals surface area contributed by atoms with Crippen LogP contribution in [0.2, 0.25) is 0 Å². The highest BCUT2D eigenvalue weighted by Gasteiger charge is 2.40. The van der Waals surface area contributed by atoms with E-state index in [1.54, 1.807) is 6.20 Å². The van der Waals surface area contributed by atoms with E-state index >= 15 is 0 Å². The highest BCUT2D eigenvalue weighted by atomic mass is 19.1. The number of halogens is 1. The zero-order valence-electron chi connectivity index (χ0n) is 18.1. The number of hydrogen-bond donors (Lipinski definition) is 3. The second-order valence-electron chi connectivity index (χ2n) is 8.14. The molecule has 9 heteroatoms. The van der Waals surface area contributed by atoms with Gasteiger partial charge in [0.1, 0.15) is 12.2 Å². The van der Waals surface area contributed by atoms with Gasteiger partial charge in [-0.2, -0.15) is 0 Å². The summed E-state index contributed by atoms with van der Waals surface area (Å²) in [7, 11) is 0. The van der Waals surface area contributed by atoms with Crippen LogP contribution in [0.25, 0.3) is 0 Å². The summed E-state index contributed by atoms with van der Waals surface area (Å²) in [5, 5.41) is 5.12. The normalized spacial score (nSPS) is 18.9. The Kier molecular flexibility index (Phi) is 7.40. The molecule has 0 spiro atoms. The number of amides is 4. The van der Waals surface area contributed by atoms with E-state index in [1.165, 1.54) is 0 Å². The lowest BCUT2D eigenvalue weighted by Crippen LogP contribution is -2.50. The number of nitrogens with two attached hydrogens (primary N) is 1. The van der Waals surface area contributed by atoms with E-state index in [1.807, 2.05) is 42.5 Å². The first-order chi connectivity index (χ1) is 15.3. The number of pyridine rings is 1. The molecule has 4 amide bonds. The molecule has 4 N–H and O–H groups in total. The number of carbonyl (C=O) groups excluding carboxylic acids is 3. The third-order valence-corrected chi connectivity index (χ3v) is 5.48. The van der Waals surface area contributed by atoms with Crippen molar-refractivity contribution in [2.24, 2.45) is 5.73 Å². The number of benzene rings is 1. The van der Waals surface area contributed by atoms with Gasteiger partial charge in [0.25, 0.3) is 0 Å². The topological polar surface area (TPSA) is 117 Å². The predicted molar refractivity (Wildman–Crippen MR) is 117 cm³/mol. The van der Waals surface area contributed by atoms with Crippen LogP contribution in [0.1, 0.15) is 49.0 Å². The number of carbonyl (C=O) groups is 3. The van der Waals surface area contributed by atoms with Gasteiger partial charge in [-0.25, -0.2) is 9.18 Å². The lowest BCUT2D eigenvalue weighted by Gasteiger charge is -2.26. The number of rotatable bonds is 7. The maximum Gasteiger partial charge on any atom is 0.312 e. The van der Waals surface area contributed by atoms with E-state index in [4.69, 9.17) is 5.73 Å². The second kappa shape index (κ2) is 10.2. The van der Waals surface area contributed by atoms with Crippen LogP contribution in [0, 0.1) is 0 Å². The van der Waals surface area contributed by atoms with Crippen molar-refractivity contribution < 1.29 is 18.8 Å². The summed E-state index contributed by atoms with van der Waals surface area (Å²) < 4.78 is 14.1. The Balaban J connectivity index is 1.82. The third-order valence-electron chi connectivity index (χ3n) is 5.48. The number of nitrogens with zero attached hydrogens (tertiary/aromatic N) is 2. The van der Waals surface area contributed by atoms with Gasteiger partial charge in [0.05, 0.1) is 24.8 Å². The van der Waals surface area contributed by atoms with Crippen molar-refractivity contribution in [3.8, 4) is 0 Å². The number of hydrogen-bond acceptors (Lipinski definition) is 4. The first-order valence-electron chi connectivity index (χ1n) is 10.5. The molecule has 1 aromatic carbocycles. The van der Waals surface area contributed by atoms with Gasteiger partial charge in [-0.15, -0.1) is 0 Å². The average molecular weight is 442 g/mol. The summed E-state index contributed by atoms with van der Waals surface area (Å²) in [4.78, 5) is 42.2. The fraction of sp³-hybridized carbons (Fsp3) is 0.391. The maximum absolute atomic E-state index is 14.1. The van der Waals surface area contributed by atoms with Crippen molar-refractivity contribution in [1.29, 1.82) is 0 Å². The minimum absolute atomic E-state index is 0.116. The second-order valence-corrected chi connectivity index (χ2v) is 8.14. The van der Waals surface area contributed by atoms with Gasteiger partial charge in [-0.1, -0.05) is 50.2 Å². The molecule has 1 saturated heterocycles. The maximum atomic E-state index is 14.1. The molecule has 3 atom stereocenters. The Labute approximate surface area is 186 Å². The summed E-state index contributed by atoms with van der Waals surface area (Å²) in [5.41, 5.74) is 7.52. The minimum Gasteiger partial charge on any atom is -0.352 e. The van der Waals surface area contributed by atoms with Gasteiger partial charge in [0.2, 0.25) is 11.8 Å². The molecule has 2 aromatic rings. The minimum atomic E-state index is -1.33. The zero-order valence-corrected chi connectivity index (χ0v) is 18.1. The fourth-order valence-corrected chi connectivity index (χ4v) is 3.71. The quantitative estimate of drug-likeness (QED) is 0.609. The third kappa shape index (κ3) is 5.60. The molecule has 0 bridgehead atoms. The number of alkyl halides is 1. The van der Waals surface area contributed by atoms with Crippen LogP contribution in [-0.2, 0) is 9.59 Å². The van der Waals surface area contributed by atoms with E-state index in [-0.39, 0.29) is 13.0 Å². The van der Waals surface area contributed by atoms with Gasteiger partial charge in [0.15, 0.2) is 0 Å². The van der Waals surface area contributed by atoms with Crippen LogP contribution in [-0.4, -0.2) is 53.0 Å². The Morgan fingerprint density at radius 3 is 2.47 bits per heavy atom. The van der Waals surface area contributed by atoms with Crippen LogP contribution in [0.3, 0.4) is 0 Å². The average Bonchev–Trinajstić information content (AvgIpc) is 3.18. The molecule has 0 saturated carbocycles. The number of likely N-dealkylation sites (tertiary alicyclic amines) is 1. The number of nitrogens with one attached hydrogen (secondary N) is 2. The first kappa shape index (κ1) is 23.2. The van der Waals surface area contributed by atoms with Crippen LogP contribution in [0.4, 0.5) is 9.18 Å². The van der Waals surface area contributed by atoms with Crippen LogP contribution >= 0.6 is 0 Å². The molecule has 2 heterocycles. The van der Waals surface area contributed by atoms with Crippen molar-refractivity contribution in [3.05, 3.63) is 65.5 Å². The monoisotopic (exact) mass is 441 g/mol. The summed E-state index contributed by atoms with van der Waals surface area (Å²) in [6.07, 6.45) is 0.331. The Morgan fingerprint density at radius 1 is 1.16 bits per heavy atom. The van der Waals surface area contributed by atoms with E-state index in [9.17, 15) is 18.8 Å². The predicted octanol–water partition coefficient (Wildman–Crippen LogP) is 2.02. The van der Waals surface area contributed by atoms with E-state index < -0.39 is 42.6 Å². The lowest BCUT2D eigenvalue weighted by atomic mass is 10.00. The molecular weight excluding hydrogens is 413 g/mol. The lowest BCUT2D eigenvalue weighted by molar-refractivity contribution is -0.137. The molecule has 8 nitrogen and oxygen atoms in total. The summed E-state index contributed by atoms with van der Waals surface area (Å²) in [5.74, 6) is -0.740. The van der Waals surface area contributed by atoms with Crippen LogP contribution in [0.15, 0.2) is 48.7 Å². The molecule has 0 radical (unpaired) electrons. The van der Waals surface area contributed by atoms with Crippen molar-refractivity contribution >= 4 is 17.8 Å². The van der Waals surface area contributed by atoms with Crippen molar-refractivity contribution in [2.45, 2.75) is 44.4 Å². The molecule has 32 heavy (non-hydrogen) atoms. The molecule has 1 aromatic heterocycles. The molecule has 170 valence electrons. The molecule has 1 aliphatic heterocycles. The summed E-state index contributed by atoms with van der Waals surface area (Å²) in [6, 6.07) is 10.7.